The van der Waals surface area contributed by atoms with Gasteiger partial charge in [0, 0.05) is 24.6 Å². The van der Waals surface area contributed by atoms with Crippen molar-refractivity contribution in [3.05, 3.63) is 23.3 Å². The topological polar surface area (TPSA) is 73.2 Å². The average Bonchev–Trinajstić information content (AvgIpc) is 2.83. The van der Waals surface area contributed by atoms with Crippen LogP contribution in [0.2, 0.25) is 0 Å². The minimum absolute atomic E-state index is 0.0234. The molecule has 2 aliphatic heterocycles. The molecule has 1 spiro atoms. The summed E-state index contributed by atoms with van der Waals surface area (Å²) >= 11 is 0. The van der Waals surface area contributed by atoms with Crippen LogP contribution >= 0.6 is 0 Å². The largest absolute Gasteiger partial charge is 0.504 e. The summed E-state index contributed by atoms with van der Waals surface area (Å²) in [6.07, 6.45) is 7.34. The molecule has 5 aliphatic rings. The van der Waals surface area contributed by atoms with Crippen LogP contribution in [-0.4, -0.2) is 50.7 Å². The van der Waals surface area contributed by atoms with E-state index in [9.17, 15) is 15.3 Å². The zero-order valence-corrected chi connectivity index (χ0v) is 15.1. The van der Waals surface area contributed by atoms with E-state index < -0.39 is 16.8 Å². The molecule has 140 valence electrons. The molecule has 1 aromatic rings. The minimum Gasteiger partial charge on any atom is -0.504 e. The maximum Gasteiger partial charge on any atom is 0.221 e. The van der Waals surface area contributed by atoms with Crippen LogP contribution in [0.4, 0.5) is 0 Å². The Morgan fingerprint density at radius 1 is 1.12 bits per heavy atom. The van der Waals surface area contributed by atoms with Gasteiger partial charge in [-0.3, -0.25) is 4.90 Å². The number of phenolic OH excluding ortho intramolecular Hbond substituents is 1. The maximum atomic E-state index is 12.1. The van der Waals surface area contributed by atoms with Gasteiger partial charge in [0.05, 0.1) is 11.0 Å². The minimum atomic E-state index is -1.41. The Morgan fingerprint density at radius 3 is 2.73 bits per heavy atom. The Bertz CT molecular complexity index is 792. The van der Waals surface area contributed by atoms with Crippen LogP contribution in [0.5, 0.6) is 11.5 Å². The van der Waals surface area contributed by atoms with Gasteiger partial charge < -0.3 is 20.1 Å². The summed E-state index contributed by atoms with van der Waals surface area (Å²) in [6.45, 7) is 1.94. The van der Waals surface area contributed by atoms with E-state index in [1.54, 1.807) is 6.07 Å². The highest BCUT2D eigenvalue weighted by Crippen LogP contribution is 2.68. The first-order valence-electron chi connectivity index (χ1n) is 10.2. The van der Waals surface area contributed by atoms with Crippen molar-refractivity contribution in [3.8, 4) is 11.5 Å². The second kappa shape index (κ2) is 4.75. The van der Waals surface area contributed by atoms with Gasteiger partial charge in [0.1, 0.15) is 0 Å². The third kappa shape index (κ3) is 1.56. The number of benzene rings is 1. The van der Waals surface area contributed by atoms with Crippen molar-refractivity contribution >= 4 is 0 Å². The van der Waals surface area contributed by atoms with Gasteiger partial charge >= 0.3 is 0 Å². The number of aliphatic hydroxyl groups is 2. The highest BCUT2D eigenvalue weighted by Gasteiger charge is 2.76. The molecule has 0 aromatic heterocycles. The van der Waals surface area contributed by atoms with E-state index in [1.807, 2.05) is 6.07 Å². The van der Waals surface area contributed by atoms with Crippen LogP contribution in [0.25, 0.3) is 0 Å². The molecular weight excluding hydrogens is 330 g/mol. The smallest absolute Gasteiger partial charge is 0.221 e. The molecule has 5 heteroatoms. The normalized spacial score (nSPS) is 43.5. The number of piperidine rings is 1. The molecule has 2 saturated carbocycles. The van der Waals surface area contributed by atoms with Crippen molar-refractivity contribution in [2.75, 3.05) is 13.1 Å². The Kier molecular flexibility index (Phi) is 2.87. The van der Waals surface area contributed by atoms with Crippen LogP contribution in [0.15, 0.2) is 12.1 Å². The van der Waals surface area contributed by atoms with E-state index >= 15 is 0 Å². The van der Waals surface area contributed by atoms with E-state index in [1.165, 1.54) is 19.3 Å². The van der Waals surface area contributed by atoms with Gasteiger partial charge in [-0.2, -0.15) is 0 Å². The molecule has 1 aromatic carbocycles. The van der Waals surface area contributed by atoms with Crippen LogP contribution in [-0.2, 0) is 11.8 Å². The molecule has 2 heterocycles. The van der Waals surface area contributed by atoms with E-state index in [0.717, 1.165) is 43.0 Å². The Balaban J connectivity index is 1.54. The fourth-order valence-corrected chi connectivity index (χ4v) is 6.92. The second-order valence-corrected chi connectivity index (χ2v) is 9.28. The lowest BCUT2D eigenvalue weighted by molar-refractivity contribution is -0.286. The molecule has 0 amide bonds. The number of rotatable bonds is 2. The number of ether oxygens (including phenoxy) is 1. The number of hydrogen-bond donors (Lipinski definition) is 3. The molecule has 1 unspecified atom stereocenters. The van der Waals surface area contributed by atoms with Crippen molar-refractivity contribution < 1.29 is 20.1 Å². The van der Waals surface area contributed by atoms with Gasteiger partial charge in [-0.25, -0.2) is 0 Å². The van der Waals surface area contributed by atoms with Gasteiger partial charge in [-0.15, -0.1) is 0 Å². The molecule has 5 nitrogen and oxygen atoms in total. The van der Waals surface area contributed by atoms with Crippen molar-refractivity contribution in [1.29, 1.82) is 0 Å². The monoisotopic (exact) mass is 357 g/mol. The Labute approximate surface area is 153 Å². The molecule has 3 N–H and O–H groups in total. The summed E-state index contributed by atoms with van der Waals surface area (Å²) in [6, 6.07) is 3.68. The fraction of sp³-hybridized carbons (Fsp3) is 0.714. The van der Waals surface area contributed by atoms with Gasteiger partial charge in [0.15, 0.2) is 11.5 Å². The SMILES string of the molecule is Oc1ccc2c3c1O[C@]1(O)CCCC4(O)[C@@H](C2)N(CC2CCC2)CC[C@@]341. The van der Waals surface area contributed by atoms with E-state index in [-0.39, 0.29) is 11.8 Å². The summed E-state index contributed by atoms with van der Waals surface area (Å²) in [7, 11) is 0. The third-order valence-electron chi connectivity index (χ3n) is 8.30. The molecule has 4 atom stereocenters. The average molecular weight is 357 g/mol. The first kappa shape index (κ1) is 15.7. The number of nitrogens with zero attached hydrogens (tertiary/aromatic N) is 1. The highest BCUT2D eigenvalue weighted by atomic mass is 16.6. The first-order valence-corrected chi connectivity index (χ1v) is 10.2. The predicted octanol–water partition coefficient (Wildman–Crippen LogP) is 2.06. The summed E-state index contributed by atoms with van der Waals surface area (Å²) in [4.78, 5) is 2.49. The van der Waals surface area contributed by atoms with Crippen molar-refractivity contribution in [3.63, 3.8) is 0 Å². The summed E-state index contributed by atoms with van der Waals surface area (Å²) in [5, 5.41) is 34.0. The lowest BCUT2D eigenvalue weighted by Gasteiger charge is -2.65. The molecule has 3 aliphatic carbocycles. The highest BCUT2D eigenvalue weighted by molar-refractivity contribution is 5.63. The van der Waals surface area contributed by atoms with Gasteiger partial charge in [-0.1, -0.05) is 12.5 Å². The summed E-state index contributed by atoms with van der Waals surface area (Å²) in [5.41, 5.74) is 0.222. The third-order valence-corrected chi connectivity index (χ3v) is 8.30. The molecule has 0 radical (unpaired) electrons. The van der Waals surface area contributed by atoms with Crippen molar-refractivity contribution in [2.45, 2.75) is 74.2 Å². The number of likely N-dealkylation sites (tertiary alicyclic amines) is 1. The molecule has 2 bridgehead atoms. The van der Waals surface area contributed by atoms with E-state index in [0.29, 0.717) is 25.0 Å². The summed E-state index contributed by atoms with van der Waals surface area (Å²) in [5.74, 6) is -0.154. The lowest BCUT2D eigenvalue weighted by Crippen LogP contribution is -2.78. The molecule has 1 saturated heterocycles. The van der Waals surface area contributed by atoms with Crippen LogP contribution < -0.4 is 4.74 Å². The zero-order valence-electron chi connectivity index (χ0n) is 15.1. The first-order chi connectivity index (χ1) is 12.5. The number of hydrogen-bond acceptors (Lipinski definition) is 5. The van der Waals surface area contributed by atoms with Crippen molar-refractivity contribution in [2.24, 2.45) is 5.92 Å². The maximum absolute atomic E-state index is 12.1. The second-order valence-electron chi connectivity index (χ2n) is 9.28. The Hall–Kier alpha value is -1.30. The lowest BCUT2D eigenvalue weighted by atomic mass is 9.48. The predicted molar refractivity (Wildman–Crippen MR) is 95.2 cm³/mol. The van der Waals surface area contributed by atoms with Gasteiger partial charge in [0.2, 0.25) is 5.79 Å². The van der Waals surface area contributed by atoms with Crippen molar-refractivity contribution in [1.82, 2.24) is 4.90 Å². The fourth-order valence-electron chi connectivity index (χ4n) is 6.92. The quantitative estimate of drug-likeness (QED) is 0.756. The standard InChI is InChI=1S/C21H27NO4/c23-15-6-5-14-11-16-20(24)7-2-8-21(25)19(20,17(14)18(15)26-21)9-10-22(16)12-13-3-1-4-13/h5-6,13,16,23-25H,1-4,7-12H2/t16-,19-,20?,21-/m1/s1. The van der Waals surface area contributed by atoms with Crippen LogP contribution in [0.3, 0.4) is 0 Å². The zero-order chi connectivity index (χ0) is 17.7. The molecule has 6 rings (SSSR count). The molecular formula is C21H27NO4. The van der Waals surface area contributed by atoms with E-state index in [4.69, 9.17) is 4.74 Å². The number of phenols is 1. The van der Waals surface area contributed by atoms with E-state index in [2.05, 4.69) is 4.90 Å². The molecule has 3 fully saturated rings. The van der Waals surface area contributed by atoms with Gasteiger partial charge in [-0.05, 0) is 62.6 Å². The molecule has 26 heavy (non-hydrogen) atoms. The van der Waals surface area contributed by atoms with Crippen LogP contribution in [0.1, 0.15) is 56.1 Å². The Morgan fingerprint density at radius 2 is 1.96 bits per heavy atom. The van der Waals surface area contributed by atoms with Gasteiger partial charge in [0.25, 0.3) is 0 Å². The number of aromatic hydroxyl groups is 1. The summed E-state index contributed by atoms with van der Waals surface area (Å²) < 4.78 is 6.04. The van der Waals surface area contributed by atoms with Crippen LogP contribution in [0, 0.1) is 5.92 Å².